The minimum atomic E-state index is 1.06. The maximum absolute atomic E-state index is 3.36. The SMILES string of the molecule is CCCCCC.CCCNc1ccccc1C. The van der Waals surface area contributed by atoms with Crippen LogP contribution in [-0.4, -0.2) is 6.54 Å². The molecule has 0 heterocycles. The first-order valence-corrected chi connectivity index (χ1v) is 7.05. The first-order chi connectivity index (χ1) is 8.26. The largest absolute Gasteiger partial charge is 0.385 e. The molecule has 0 saturated heterocycles. The van der Waals surface area contributed by atoms with Crippen molar-refractivity contribution in [3.63, 3.8) is 0 Å². The molecule has 1 N–H and O–H groups in total. The smallest absolute Gasteiger partial charge is 0.0369 e. The summed E-state index contributed by atoms with van der Waals surface area (Å²) < 4.78 is 0. The zero-order chi connectivity index (χ0) is 12.9. The van der Waals surface area contributed by atoms with Gasteiger partial charge < -0.3 is 5.32 Å². The van der Waals surface area contributed by atoms with Crippen LogP contribution in [0.4, 0.5) is 5.69 Å². The molecule has 0 aromatic heterocycles. The van der Waals surface area contributed by atoms with E-state index in [0.29, 0.717) is 0 Å². The lowest BCUT2D eigenvalue weighted by Gasteiger charge is -2.06. The van der Waals surface area contributed by atoms with Gasteiger partial charge in [0.05, 0.1) is 0 Å². The van der Waals surface area contributed by atoms with Crippen molar-refractivity contribution in [2.45, 2.75) is 59.8 Å². The fourth-order valence-electron chi connectivity index (χ4n) is 1.53. The Morgan fingerprint density at radius 2 is 1.47 bits per heavy atom. The summed E-state index contributed by atoms with van der Waals surface area (Å²) in [5.74, 6) is 0. The standard InChI is InChI=1S/C10H15N.C6H14/c1-3-8-11-10-7-5-4-6-9(10)2;1-3-5-6-4-2/h4-7,11H,3,8H2,1-2H3;3-6H2,1-2H3. The number of unbranched alkanes of at least 4 members (excludes halogenated alkanes) is 3. The van der Waals surface area contributed by atoms with Gasteiger partial charge in [-0.05, 0) is 25.0 Å². The van der Waals surface area contributed by atoms with E-state index in [0.717, 1.165) is 6.54 Å². The van der Waals surface area contributed by atoms with Crippen LogP contribution in [0.1, 0.15) is 58.4 Å². The summed E-state index contributed by atoms with van der Waals surface area (Å²) in [6.07, 6.45) is 6.71. The van der Waals surface area contributed by atoms with Gasteiger partial charge >= 0.3 is 0 Å². The normalized spacial score (nSPS) is 9.41. The molecule has 0 bridgehead atoms. The first kappa shape index (κ1) is 16.0. The second kappa shape index (κ2) is 11.5. The summed E-state index contributed by atoms with van der Waals surface area (Å²) in [5, 5.41) is 3.36. The topological polar surface area (TPSA) is 12.0 Å². The molecule has 0 atom stereocenters. The molecule has 1 aromatic carbocycles. The third kappa shape index (κ3) is 8.79. The Hall–Kier alpha value is -0.980. The molecule has 0 radical (unpaired) electrons. The van der Waals surface area contributed by atoms with E-state index in [1.165, 1.54) is 43.4 Å². The Labute approximate surface area is 108 Å². The van der Waals surface area contributed by atoms with Crippen LogP contribution in [-0.2, 0) is 0 Å². The summed E-state index contributed by atoms with van der Waals surface area (Å²) in [4.78, 5) is 0. The highest BCUT2D eigenvalue weighted by molar-refractivity contribution is 5.49. The van der Waals surface area contributed by atoms with Crippen LogP contribution < -0.4 is 5.32 Å². The van der Waals surface area contributed by atoms with Gasteiger partial charge in [0, 0.05) is 12.2 Å². The molecule has 0 aliphatic rings. The lowest BCUT2D eigenvalue weighted by molar-refractivity contribution is 0.702. The minimum Gasteiger partial charge on any atom is -0.385 e. The number of hydrogen-bond donors (Lipinski definition) is 1. The number of rotatable bonds is 6. The number of hydrogen-bond acceptors (Lipinski definition) is 1. The molecule has 0 unspecified atom stereocenters. The number of anilines is 1. The lowest BCUT2D eigenvalue weighted by atomic mass is 10.2. The molecular weight excluding hydrogens is 206 g/mol. The van der Waals surface area contributed by atoms with Gasteiger partial charge in [0.25, 0.3) is 0 Å². The van der Waals surface area contributed by atoms with Crippen LogP contribution >= 0.6 is 0 Å². The number of nitrogens with one attached hydrogen (secondary N) is 1. The molecular formula is C16H29N. The van der Waals surface area contributed by atoms with Gasteiger partial charge in [-0.3, -0.25) is 0 Å². The fraction of sp³-hybridized carbons (Fsp3) is 0.625. The molecule has 0 amide bonds. The molecule has 1 nitrogen and oxygen atoms in total. The van der Waals surface area contributed by atoms with Gasteiger partial charge in [0.2, 0.25) is 0 Å². The summed E-state index contributed by atoms with van der Waals surface area (Å²) in [5.41, 5.74) is 2.58. The van der Waals surface area contributed by atoms with Crippen LogP contribution in [0.3, 0.4) is 0 Å². The van der Waals surface area contributed by atoms with Crippen molar-refractivity contribution in [1.82, 2.24) is 0 Å². The molecule has 0 aliphatic heterocycles. The number of benzene rings is 1. The van der Waals surface area contributed by atoms with Crippen molar-refractivity contribution in [2.75, 3.05) is 11.9 Å². The first-order valence-electron chi connectivity index (χ1n) is 7.05. The Kier molecular flexibility index (Phi) is 10.8. The van der Waals surface area contributed by atoms with Crippen molar-refractivity contribution < 1.29 is 0 Å². The second-order valence-corrected chi connectivity index (χ2v) is 4.45. The van der Waals surface area contributed by atoms with E-state index in [4.69, 9.17) is 0 Å². The maximum Gasteiger partial charge on any atom is 0.0369 e. The van der Waals surface area contributed by atoms with Gasteiger partial charge in [-0.25, -0.2) is 0 Å². The summed E-state index contributed by atoms with van der Waals surface area (Å²) in [6, 6.07) is 8.36. The van der Waals surface area contributed by atoms with E-state index in [2.05, 4.69) is 57.3 Å². The molecule has 0 aliphatic carbocycles. The summed E-state index contributed by atoms with van der Waals surface area (Å²) in [6.45, 7) is 9.82. The molecule has 98 valence electrons. The van der Waals surface area contributed by atoms with Crippen LogP contribution in [0.2, 0.25) is 0 Å². The quantitative estimate of drug-likeness (QED) is 0.651. The highest BCUT2D eigenvalue weighted by Gasteiger charge is 1.92. The molecule has 0 spiro atoms. The monoisotopic (exact) mass is 235 g/mol. The van der Waals surface area contributed by atoms with E-state index >= 15 is 0 Å². The van der Waals surface area contributed by atoms with E-state index < -0.39 is 0 Å². The molecule has 1 aromatic rings. The number of para-hydroxylation sites is 1. The molecule has 0 fully saturated rings. The third-order valence-corrected chi connectivity index (χ3v) is 2.67. The van der Waals surface area contributed by atoms with Gasteiger partial charge in [0.1, 0.15) is 0 Å². The van der Waals surface area contributed by atoms with Crippen LogP contribution in [0.5, 0.6) is 0 Å². The van der Waals surface area contributed by atoms with E-state index in [1.54, 1.807) is 0 Å². The van der Waals surface area contributed by atoms with Crippen molar-refractivity contribution in [2.24, 2.45) is 0 Å². The van der Waals surface area contributed by atoms with Crippen molar-refractivity contribution in [3.05, 3.63) is 29.8 Å². The maximum atomic E-state index is 3.36. The zero-order valence-corrected chi connectivity index (χ0v) is 12.1. The van der Waals surface area contributed by atoms with Crippen LogP contribution in [0.25, 0.3) is 0 Å². The van der Waals surface area contributed by atoms with Crippen LogP contribution in [0.15, 0.2) is 24.3 Å². The van der Waals surface area contributed by atoms with Crippen molar-refractivity contribution >= 4 is 5.69 Å². The molecule has 1 rings (SSSR count). The van der Waals surface area contributed by atoms with Gasteiger partial charge in [-0.15, -0.1) is 0 Å². The van der Waals surface area contributed by atoms with Gasteiger partial charge in [0.15, 0.2) is 0 Å². The minimum absolute atomic E-state index is 1.06. The molecule has 1 heteroatoms. The van der Waals surface area contributed by atoms with E-state index in [9.17, 15) is 0 Å². The highest BCUT2D eigenvalue weighted by atomic mass is 14.9. The van der Waals surface area contributed by atoms with Crippen molar-refractivity contribution in [1.29, 1.82) is 0 Å². The molecule has 17 heavy (non-hydrogen) atoms. The average molecular weight is 235 g/mol. The Balaban J connectivity index is 0.000000366. The third-order valence-electron chi connectivity index (χ3n) is 2.67. The Bertz CT molecular complexity index is 264. The average Bonchev–Trinajstić information content (AvgIpc) is 2.36. The van der Waals surface area contributed by atoms with Crippen LogP contribution in [0, 0.1) is 6.92 Å². The van der Waals surface area contributed by atoms with Crippen molar-refractivity contribution in [3.8, 4) is 0 Å². The summed E-state index contributed by atoms with van der Waals surface area (Å²) >= 11 is 0. The lowest BCUT2D eigenvalue weighted by Crippen LogP contribution is -2.00. The van der Waals surface area contributed by atoms with E-state index in [1.807, 2.05) is 0 Å². The predicted molar refractivity (Wildman–Crippen MR) is 79.8 cm³/mol. The second-order valence-electron chi connectivity index (χ2n) is 4.45. The molecule has 0 saturated carbocycles. The zero-order valence-electron chi connectivity index (χ0n) is 12.1. The Morgan fingerprint density at radius 3 is 1.94 bits per heavy atom. The predicted octanol–water partition coefficient (Wildman–Crippen LogP) is 5.40. The number of aryl methyl sites for hydroxylation is 1. The van der Waals surface area contributed by atoms with E-state index in [-0.39, 0.29) is 0 Å². The highest BCUT2D eigenvalue weighted by Crippen LogP contribution is 2.12. The Morgan fingerprint density at radius 1 is 0.882 bits per heavy atom. The fourth-order valence-corrected chi connectivity index (χ4v) is 1.53. The van der Waals surface area contributed by atoms with Gasteiger partial charge in [-0.2, -0.15) is 0 Å². The van der Waals surface area contributed by atoms with Gasteiger partial charge in [-0.1, -0.05) is 64.7 Å². The summed E-state index contributed by atoms with van der Waals surface area (Å²) in [7, 11) is 0.